The van der Waals surface area contributed by atoms with E-state index in [1.807, 2.05) is 6.92 Å². The fraction of sp³-hybridized carbons (Fsp3) is 0.500. The van der Waals surface area contributed by atoms with Crippen molar-refractivity contribution in [3.05, 3.63) is 32.6 Å². The Kier molecular flexibility index (Phi) is 4.03. The second kappa shape index (κ2) is 5.28. The van der Waals surface area contributed by atoms with Crippen LogP contribution in [0.3, 0.4) is 0 Å². The monoisotopic (exact) mass is 223 g/mol. The summed E-state index contributed by atoms with van der Waals surface area (Å²) in [6, 6.07) is 1.73. The summed E-state index contributed by atoms with van der Waals surface area (Å²) in [4.78, 5) is 24.6. The number of nitrogens with zero attached hydrogens (tertiary/aromatic N) is 2. The quantitative estimate of drug-likeness (QED) is 0.758. The van der Waals surface area contributed by atoms with E-state index >= 15 is 0 Å². The summed E-state index contributed by atoms with van der Waals surface area (Å²) in [5.41, 5.74) is -1.22. The largest absolute Gasteiger partial charge is 0.384 e. The number of hydrogen-bond acceptors (Lipinski definition) is 4. The van der Waals surface area contributed by atoms with Gasteiger partial charge in [0.1, 0.15) is 11.6 Å². The van der Waals surface area contributed by atoms with Crippen LogP contribution in [-0.2, 0) is 11.3 Å². The highest BCUT2D eigenvalue weighted by Crippen LogP contribution is 1.98. The lowest BCUT2D eigenvalue weighted by atomic mass is 10.2. The summed E-state index contributed by atoms with van der Waals surface area (Å²) in [6.45, 7) is 2.82. The van der Waals surface area contributed by atoms with Gasteiger partial charge in [-0.2, -0.15) is 5.26 Å². The molecular formula is C10H13N3O3. The number of ether oxygens (including phenoxy) is 1. The highest BCUT2D eigenvalue weighted by Gasteiger charge is 2.07. The molecule has 6 heteroatoms. The number of nitriles is 1. The molecule has 0 saturated heterocycles. The van der Waals surface area contributed by atoms with Crippen LogP contribution in [0, 0.1) is 17.2 Å². The molecule has 0 aliphatic carbocycles. The molecule has 0 spiro atoms. The van der Waals surface area contributed by atoms with E-state index in [0.29, 0.717) is 13.2 Å². The Balaban J connectivity index is 3.02. The van der Waals surface area contributed by atoms with Gasteiger partial charge in [0, 0.05) is 19.9 Å². The molecule has 1 N–H and O–H groups in total. The first-order chi connectivity index (χ1) is 7.58. The molecule has 1 atom stereocenters. The van der Waals surface area contributed by atoms with Crippen LogP contribution in [0.25, 0.3) is 0 Å². The average molecular weight is 223 g/mol. The summed E-state index contributed by atoms with van der Waals surface area (Å²) in [5.74, 6) is 0.125. The zero-order chi connectivity index (χ0) is 12.1. The second-order valence-electron chi connectivity index (χ2n) is 3.63. The number of nitrogens with one attached hydrogen (secondary N) is 1. The van der Waals surface area contributed by atoms with E-state index in [1.165, 1.54) is 10.8 Å². The van der Waals surface area contributed by atoms with E-state index in [2.05, 4.69) is 4.98 Å². The van der Waals surface area contributed by atoms with Crippen molar-refractivity contribution in [1.82, 2.24) is 9.55 Å². The molecule has 16 heavy (non-hydrogen) atoms. The molecule has 0 aliphatic heterocycles. The standard InChI is InChI=1S/C10H13N3O3/c1-7(6-16-2)4-13-5-8(3-11)9(14)12-10(13)15/h5,7H,4,6H2,1-2H3,(H,12,14,15). The van der Waals surface area contributed by atoms with Crippen molar-refractivity contribution in [3.8, 4) is 6.07 Å². The third-order valence-corrected chi connectivity index (χ3v) is 2.09. The van der Waals surface area contributed by atoms with Gasteiger partial charge < -0.3 is 4.74 Å². The number of rotatable bonds is 4. The lowest BCUT2D eigenvalue weighted by Gasteiger charge is -2.11. The van der Waals surface area contributed by atoms with Crippen LogP contribution < -0.4 is 11.2 Å². The number of methoxy groups -OCH3 is 1. The molecule has 1 rings (SSSR count). The topological polar surface area (TPSA) is 87.9 Å². The smallest absolute Gasteiger partial charge is 0.328 e. The van der Waals surface area contributed by atoms with Crippen LogP contribution in [0.2, 0.25) is 0 Å². The molecule has 1 heterocycles. The minimum absolute atomic E-state index is 0.0655. The van der Waals surface area contributed by atoms with E-state index < -0.39 is 11.2 Å². The lowest BCUT2D eigenvalue weighted by molar-refractivity contribution is 0.150. The van der Waals surface area contributed by atoms with Crippen LogP contribution in [0.5, 0.6) is 0 Å². The minimum atomic E-state index is -0.650. The Morgan fingerprint density at radius 2 is 2.31 bits per heavy atom. The summed E-state index contributed by atoms with van der Waals surface area (Å²) in [6.07, 6.45) is 1.27. The molecule has 1 aromatic heterocycles. The van der Waals surface area contributed by atoms with E-state index in [9.17, 15) is 9.59 Å². The summed E-state index contributed by atoms with van der Waals surface area (Å²) < 4.78 is 6.25. The fourth-order valence-electron chi connectivity index (χ4n) is 1.40. The van der Waals surface area contributed by atoms with Crippen molar-refractivity contribution in [2.45, 2.75) is 13.5 Å². The molecule has 0 fully saturated rings. The Labute approximate surface area is 92.1 Å². The van der Waals surface area contributed by atoms with Crippen molar-refractivity contribution in [2.75, 3.05) is 13.7 Å². The molecular weight excluding hydrogens is 210 g/mol. The van der Waals surface area contributed by atoms with E-state index in [-0.39, 0.29) is 11.5 Å². The van der Waals surface area contributed by atoms with E-state index in [1.54, 1.807) is 13.2 Å². The van der Waals surface area contributed by atoms with Crippen molar-refractivity contribution in [2.24, 2.45) is 5.92 Å². The maximum absolute atomic E-state index is 11.4. The van der Waals surface area contributed by atoms with Crippen molar-refractivity contribution >= 4 is 0 Å². The van der Waals surface area contributed by atoms with Gasteiger partial charge in [-0.1, -0.05) is 6.92 Å². The molecule has 0 aliphatic rings. The Hall–Kier alpha value is -1.87. The summed E-state index contributed by atoms with van der Waals surface area (Å²) >= 11 is 0. The van der Waals surface area contributed by atoms with Crippen molar-refractivity contribution in [3.63, 3.8) is 0 Å². The summed E-state index contributed by atoms with van der Waals surface area (Å²) in [5, 5.41) is 8.66. The molecule has 0 amide bonds. The molecule has 0 bridgehead atoms. The first-order valence-corrected chi connectivity index (χ1v) is 4.81. The lowest BCUT2D eigenvalue weighted by Crippen LogP contribution is -2.33. The van der Waals surface area contributed by atoms with Gasteiger partial charge in [-0.25, -0.2) is 4.79 Å². The first-order valence-electron chi connectivity index (χ1n) is 4.81. The zero-order valence-corrected chi connectivity index (χ0v) is 9.19. The van der Waals surface area contributed by atoms with E-state index in [0.717, 1.165) is 0 Å². The van der Waals surface area contributed by atoms with Crippen LogP contribution in [0.1, 0.15) is 12.5 Å². The van der Waals surface area contributed by atoms with Gasteiger partial charge in [-0.05, 0) is 5.92 Å². The van der Waals surface area contributed by atoms with Gasteiger partial charge >= 0.3 is 5.69 Å². The second-order valence-corrected chi connectivity index (χ2v) is 3.63. The summed E-state index contributed by atoms with van der Waals surface area (Å²) in [7, 11) is 1.58. The minimum Gasteiger partial charge on any atom is -0.384 e. The predicted octanol–water partition coefficient (Wildman–Crippen LogP) is -0.309. The Morgan fingerprint density at radius 3 is 2.88 bits per heavy atom. The number of aromatic amines is 1. The average Bonchev–Trinajstić information content (AvgIpc) is 2.22. The van der Waals surface area contributed by atoms with Gasteiger partial charge in [0.25, 0.3) is 5.56 Å². The Bertz CT molecular complexity index is 509. The van der Waals surface area contributed by atoms with Gasteiger partial charge in [0.2, 0.25) is 0 Å². The van der Waals surface area contributed by atoms with Gasteiger partial charge in [0.05, 0.1) is 6.61 Å². The molecule has 6 nitrogen and oxygen atoms in total. The van der Waals surface area contributed by atoms with Crippen LogP contribution in [0.4, 0.5) is 0 Å². The molecule has 0 saturated carbocycles. The van der Waals surface area contributed by atoms with Crippen LogP contribution in [0.15, 0.2) is 15.8 Å². The van der Waals surface area contributed by atoms with Gasteiger partial charge in [-0.3, -0.25) is 14.3 Å². The highest BCUT2D eigenvalue weighted by molar-refractivity contribution is 5.21. The Morgan fingerprint density at radius 1 is 1.62 bits per heavy atom. The first kappa shape index (κ1) is 12.2. The molecule has 0 aromatic carbocycles. The molecule has 86 valence electrons. The van der Waals surface area contributed by atoms with Gasteiger partial charge in [0.15, 0.2) is 0 Å². The normalized spacial score (nSPS) is 12.1. The third kappa shape index (κ3) is 2.81. The molecule has 1 unspecified atom stereocenters. The predicted molar refractivity (Wildman–Crippen MR) is 57.1 cm³/mol. The highest BCUT2D eigenvalue weighted by atomic mass is 16.5. The van der Waals surface area contributed by atoms with E-state index in [4.69, 9.17) is 10.00 Å². The maximum Gasteiger partial charge on any atom is 0.328 e. The van der Waals surface area contributed by atoms with Gasteiger partial charge in [-0.15, -0.1) is 0 Å². The molecule has 1 aromatic rings. The number of aromatic nitrogens is 2. The maximum atomic E-state index is 11.4. The SMILES string of the molecule is COCC(C)Cn1cc(C#N)c(=O)[nH]c1=O. The van der Waals surface area contributed by atoms with Crippen molar-refractivity contribution in [1.29, 1.82) is 5.26 Å². The number of H-pyrrole nitrogens is 1. The fourth-order valence-corrected chi connectivity index (χ4v) is 1.40. The molecule has 0 radical (unpaired) electrons. The number of hydrogen-bond donors (Lipinski definition) is 1. The van der Waals surface area contributed by atoms with Crippen molar-refractivity contribution < 1.29 is 4.74 Å². The third-order valence-electron chi connectivity index (χ3n) is 2.09. The zero-order valence-electron chi connectivity index (χ0n) is 9.19. The van der Waals surface area contributed by atoms with Crippen LogP contribution >= 0.6 is 0 Å². The van der Waals surface area contributed by atoms with Crippen LogP contribution in [-0.4, -0.2) is 23.3 Å².